The standard InChI is InChI=1S/C25H23N7O/c1-30(2)18-10-7-16(8-11-18)19-6-4-5-17-9-12-20(27-22(17)19)24-28-29-25-23-21(15-26-32(24)25)31(3)13-14-33-23/h4-12,15H,13-14H2,1-3H3. The number of likely N-dealkylation sites (N-methyl/N-ethyl adjacent to an activating group) is 1. The number of benzene rings is 2. The maximum absolute atomic E-state index is 5.90. The van der Waals surface area contributed by atoms with Gasteiger partial charge in [0.2, 0.25) is 11.5 Å². The Hall–Kier alpha value is -4.20. The third-order valence-corrected chi connectivity index (χ3v) is 6.10. The number of anilines is 2. The maximum atomic E-state index is 5.90. The minimum Gasteiger partial charge on any atom is -0.486 e. The van der Waals surface area contributed by atoms with Gasteiger partial charge in [0.1, 0.15) is 18.0 Å². The number of ether oxygens (including phenoxy) is 1. The van der Waals surface area contributed by atoms with Crippen LogP contribution in [-0.2, 0) is 0 Å². The van der Waals surface area contributed by atoms with E-state index in [4.69, 9.17) is 9.72 Å². The highest BCUT2D eigenvalue weighted by Gasteiger charge is 2.23. The predicted octanol–water partition coefficient (Wildman–Crippen LogP) is 3.90. The minimum absolute atomic E-state index is 0.587. The van der Waals surface area contributed by atoms with Crippen molar-refractivity contribution in [1.29, 1.82) is 0 Å². The van der Waals surface area contributed by atoms with Crippen LogP contribution in [0, 0.1) is 0 Å². The molecule has 1 aliphatic heterocycles. The van der Waals surface area contributed by atoms with Crippen LogP contribution in [0.3, 0.4) is 0 Å². The monoisotopic (exact) mass is 437 g/mol. The summed E-state index contributed by atoms with van der Waals surface area (Å²) in [6.45, 7) is 1.42. The fourth-order valence-corrected chi connectivity index (χ4v) is 4.24. The summed E-state index contributed by atoms with van der Waals surface area (Å²) < 4.78 is 7.61. The van der Waals surface area contributed by atoms with Crippen molar-refractivity contribution in [1.82, 2.24) is 24.8 Å². The van der Waals surface area contributed by atoms with Crippen LogP contribution in [0.25, 0.3) is 39.2 Å². The molecule has 0 aliphatic carbocycles. The number of pyridine rings is 1. The van der Waals surface area contributed by atoms with Gasteiger partial charge in [-0.15, -0.1) is 10.2 Å². The van der Waals surface area contributed by atoms with Crippen molar-refractivity contribution in [2.75, 3.05) is 44.1 Å². The van der Waals surface area contributed by atoms with Gasteiger partial charge in [-0.1, -0.05) is 36.4 Å². The van der Waals surface area contributed by atoms with E-state index in [0.717, 1.165) is 39.9 Å². The van der Waals surface area contributed by atoms with Crippen molar-refractivity contribution < 1.29 is 4.74 Å². The summed E-state index contributed by atoms with van der Waals surface area (Å²) in [6, 6.07) is 18.8. The van der Waals surface area contributed by atoms with Gasteiger partial charge in [-0.05, 0) is 23.8 Å². The molecule has 6 rings (SSSR count). The first-order valence-corrected chi connectivity index (χ1v) is 10.9. The highest BCUT2D eigenvalue weighted by molar-refractivity contribution is 5.95. The molecule has 0 saturated heterocycles. The highest BCUT2D eigenvalue weighted by Crippen LogP contribution is 2.35. The predicted molar refractivity (Wildman–Crippen MR) is 130 cm³/mol. The molecule has 8 heteroatoms. The molecule has 0 amide bonds. The molecule has 0 radical (unpaired) electrons. The van der Waals surface area contributed by atoms with E-state index in [2.05, 4.69) is 73.6 Å². The molecule has 0 fully saturated rings. The van der Waals surface area contributed by atoms with Crippen LogP contribution in [0.1, 0.15) is 0 Å². The van der Waals surface area contributed by atoms with E-state index < -0.39 is 0 Å². The molecule has 0 saturated carbocycles. The van der Waals surface area contributed by atoms with Crippen LogP contribution in [0.4, 0.5) is 11.4 Å². The van der Waals surface area contributed by atoms with E-state index in [-0.39, 0.29) is 0 Å². The summed E-state index contributed by atoms with van der Waals surface area (Å²) in [5.74, 6) is 1.30. The molecule has 3 aromatic heterocycles. The molecule has 0 N–H and O–H groups in total. The summed E-state index contributed by atoms with van der Waals surface area (Å²) >= 11 is 0. The quantitative estimate of drug-likeness (QED) is 0.424. The molecule has 4 heterocycles. The number of hydrogen-bond acceptors (Lipinski definition) is 7. The zero-order valence-corrected chi connectivity index (χ0v) is 18.7. The molecule has 5 aromatic rings. The number of fused-ring (bicyclic) bond motifs is 4. The van der Waals surface area contributed by atoms with E-state index in [0.29, 0.717) is 29.5 Å². The average molecular weight is 438 g/mol. The summed E-state index contributed by atoms with van der Waals surface area (Å²) in [5.41, 5.74) is 6.49. The van der Waals surface area contributed by atoms with Gasteiger partial charge in [-0.25, -0.2) is 4.98 Å². The topological polar surface area (TPSA) is 71.7 Å². The van der Waals surface area contributed by atoms with Gasteiger partial charge in [0, 0.05) is 37.8 Å². The average Bonchev–Trinajstić information content (AvgIpc) is 3.28. The smallest absolute Gasteiger partial charge is 0.222 e. The summed E-state index contributed by atoms with van der Waals surface area (Å²) in [7, 11) is 6.10. The van der Waals surface area contributed by atoms with Crippen molar-refractivity contribution in [2.45, 2.75) is 0 Å². The molecular weight excluding hydrogens is 414 g/mol. The third-order valence-electron chi connectivity index (χ3n) is 6.10. The molecule has 2 aromatic carbocycles. The fraction of sp³-hybridized carbons (Fsp3) is 0.200. The maximum Gasteiger partial charge on any atom is 0.222 e. The molecule has 164 valence electrons. The third kappa shape index (κ3) is 3.14. The Labute approximate surface area is 191 Å². The van der Waals surface area contributed by atoms with Gasteiger partial charge in [-0.3, -0.25) is 0 Å². The number of nitrogens with zero attached hydrogens (tertiary/aromatic N) is 7. The summed E-state index contributed by atoms with van der Waals surface area (Å²) in [4.78, 5) is 9.21. The molecule has 0 unspecified atom stereocenters. The van der Waals surface area contributed by atoms with Gasteiger partial charge in [0.05, 0.1) is 18.3 Å². The Balaban J connectivity index is 1.49. The van der Waals surface area contributed by atoms with Crippen molar-refractivity contribution in [3.05, 3.63) is 60.8 Å². The molecule has 33 heavy (non-hydrogen) atoms. The van der Waals surface area contributed by atoms with Gasteiger partial charge in [0.15, 0.2) is 5.75 Å². The van der Waals surface area contributed by atoms with Gasteiger partial charge < -0.3 is 14.5 Å². The Kier molecular flexibility index (Phi) is 4.39. The Morgan fingerprint density at radius 2 is 1.82 bits per heavy atom. The van der Waals surface area contributed by atoms with E-state index in [1.165, 1.54) is 0 Å². The molecular formula is C25H23N7O. The van der Waals surface area contributed by atoms with Crippen molar-refractivity contribution in [3.8, 4) is 28.4 Å². The van der Waals surface area contributed by atoms with Crippen LogP contribution >= 0.6 is 0 Å². The van der Waals surface area contributed by atoms with Gasteiger partial charge >= 0.3 is 0 Å². The van der Waals surface area contributed by atoms with Crippen LogP contribution in [0.5, 0.6) is 5.75 Å². The number of hydrogen-bond donors (Lipinski definition) is 0. The second-order valence-electron chi connectivity index (χ2n) is 8.40. The SMILES string of the molecule is CN(C)c1ccc(-c2cccc3ccc(-c4nnc5c6c(cnn45)N(C)CCO6)nc23)cc1. The zero-order valence-electron chi connectivity index (χ0n) is 18.7. The lowest BCUT2D eigenvalue weighted by atomic mass is 10.0. The van der Waals surface area contributed by atoms with E-state index >= 15 is 0 Å². The second kappa shape index (κ2) is 7.44. The number of aromatic nitrogens is 5. The van der Waals surface area contributed by atoms with Gasteiger partial charge in [-0.2, -0.15) is 9.61 Å². The van der Waals surface area contributed by atoms with E-state index in [1.54, 1.807) is 10.7 Å². The lowest BCUT2D eigenvalue weighted by molar-refractivity contribution is 0.312. The first kappa shape index (κ1) is 19.5. The highest BCUT2D eigenvalue weighted by atomic mass is 16.5. The van der Waals surface area contributed by atoms with Crippen LogP contribution < -0.4 is 14.5 Å². The normalized spacial score (nSPS) is 13.2. The number of para-hydroxylation sites is 1. The summed E-state index contributed by atoms with van der Waals surface area (Å²) in [5, 5.41) is 14.5. The lowest BCUT2D eigenvalue weighted by Gasteiger charge is -2.26. The fourth-order valence-electron chi connectivity index (χ4n) is 4.24. The first-order valence-electron chi connectivity index (χ1n) is 10.9. The van der Waals surface area contributed by atoms with Gasteiger partial charge in [0.25, 0.3) is 0 Å². The largest absolute Gasteiger partial charge is 0.486 e. The van der Waals surface area contributed by atoms with Crippen molar-refractivity contribution in [2.24, 2.45) is 0 Å². The van der Waals surface area contributed by atoms with Crippen molar-refractivity contribution in [3.63, 3.8) is 0 Å². The molecule has 8 nitrogen and oxygen atoms in total. The van der Waals surface area contributed by atoms with Crippen molar-refractivity contribution >= 4 is 27.9 Å². The zero-order chi connectivity index (χ0) is 22.5. The molecule has 1 aliphatic rings. The Morgan fingerprint density at radius 3 is 2.64 bits per heavy atom. The second-order valence-corrected chi connectivity index (χ2v) is 8.40. The molecule has 0 bridgehead atoms. The summed E-state index contributed by atoms with van der Waals surface area (Å²) in [6.07, 6.45) is 1.80. The van der Waals surface area contributed by atoms with Crippen LogP contribution in [0.15, 0.2) is 60.8 Å². The van der Waals surface area contributed by atoms with E-state index in [9.17, 15) is 0 Å². The Bertz CT molecular complexity index is 1490. The lowest BCUT2D eigenvalue weighted by Crippen LogP contribution is -2.29. The first-order chi connectivity index (χ1) is 16.1. The van der Waals surface area contributed by atoms with Crippen LogP contribution in [-0.4, -0.2) is 59.1 Å². The number of rotatable bonds is 3. The molecule has 0 atom stereocenters. The van der Waals surface area contributed by atoms with E-state index in [1.807, 2.05) is 27.2 Å². The molecule has 0 spiro atoms. The minimum atomic E-state index is 0.587. The Morgan fingerprint density at radius 1 is 0.970 bits per heavy atom. The van der Waals surface area contributed by atoms with Crippen LogP contribution in [0.2, 0.25) is 0 Å².